The number of phenols is 1. The van der Waals surface area contributed by atoms with E-state index in [1.165, 1.54) is 55.2 Å². The molecular formula is C22H32O. The Balaban J connectivity index is 1.84. The van der Waals surface area contributed by atoms with Gasteiger partial charge in [0.05, 0.1) is 0 Å². The van der Waals surface area contributed by atoms with Gasteiger partial charge in [0.25, 0.3) is 0 Å². The van der Waals surface area contributed by atoms with Crippen molar-refractivity contribution in [3.8, 4) is 5.75 Å². The van der Waals surface area contributed by atoms with Crippen LogP contribution in [0.25, 0.3) is 0 Å². The second-order valence-electron chi connectivity index (χ2n) is 9.93. The lowest BCUT2D eigenvalue weighted by Crippen LogP contribution is -2.55. The number of aromatic hydroxyl groups is 1. The van der Waals surface area contributed by atoms with Crippen LogP contribution in [-0.2, 0) is 11.8 Å². The molecule has 4 rings (SSSR count). The minimum atomic E-state index is 0.172. The van der Waals surface area contributed by atoms with Gasteiger partial charge in [-0.05, 0) is 78.9 Å². The highest BCUT2D eigenvalue weighted by Gasteiger charge is 2.61. The normalized spacial score (nSPS) is 41.1. The van der Waals surface area contributed by atoms with Crippen LogP contribution in [0.2, 0.25) is 0 Å². The fraction of sp³-hybridized carbons (Fsp3) is 0.727. The summed E-state index contributed by atoms with van der Waals surface area (Å²) in [4.78, 5) is 0. The van der Waals surface area contributed by atoms with Crippen molar-refractivity contribution in [2.75, 3.05) is 0 Å². The van der Waals surface area contributed by atoms with Crippen LogP contribution in [0.15, 0.2) is 12.1 Å². The topological polar surface area (TPSA) is 20.2 Å². The number of fused-ring (bicyclic) bond motifs is 5. The second-order valence-corrected chi connectivity index (χ2v) is 9.93. The summed E-state index contributed by atoms with van der Waals surface area (Å²) >= 11 is 0. The molecule has 0 bridgehead atoms. The van der Waals surface area contributed by atoms with Crippen molar-refractivity contribution in [2.24, 2.45) is 22.7 Å². The van der Waals surface area contributed by atoms with Gasteiger partial charge in [0.2, 0.25) is 0 Å². The molecule has 2 fully saturated rings. The van der Waals surface area contributed by atoms with Gasteiger partial charge >= 0.3 is 0 Å². The molecule has 0 spiro atoms. The van der Waals surface area contributed by atoms with E-state index in [4.69, 9.17) is 0 Å². The second kappa shape index (κ2) is 4.55. The Kier molecular flexibility index (Phi) is 3.08. The van der Waals surface area contributed by atoms with Gasteiger partial charge in [-0.2, -0.15) is 0 Å². The molecule has 0 aliphatic heterocycles. The number of benzene rings is 1. The van der Waals surface area contributed by atoms with Crippen LogP contribution in [0.5, 0.6) is 5.75 Å². The molecule has 1 nitrogen and oxygen atoms in total. The first kappa shape index (κ1) is 15.5. The largest absolute Gasteiger partial charge is 0.508 e. The Hall–Kier alpha value is -0.980. The zero-order valence-electron chi connectivity index (χ0n) is 15.5. The van der Waals surface area contributed by atoms with Gasteiger partial charge < -0.3 is 5.11 Å². The Morgan fingerprint density at radius 1 is 1.00 bits per heavy atom. The van der Waals surface area contributed by atoms with Crippen LogP contribution in [0.1, 0.15) is 76.5 Å². The minimum Gasteiger partial charge on any atom is -0.508 e. The zero-order valence-corrected chi connectivity index (χ0v) is 15.5. The molecule has 0 heterocycles. The predicted octanol–water partition coefficient (Wildman–Crippen LogP) is 5.76. The lowest BCUT2D eigenvalue weighted by molar-refractivity contribution is -0.0984. The van der Waals surface area contributed by atoms with Crippen molar-refractivity contribution in [2.45, 2.75) is 78.6 Å². The van der Waals surface area contributed by atoms with E-state index in [9.17, 15) is 5.11 Å². The van der Waals surface area contributed by atoms with E-state index in [2.05, 4.69) is 40.7 Å². The summed E-state index contributed by atoms with van der Waals surface area (Å²) in [6.07, 6.45) is 7.86. The van der Waals surface area contributed by atoms with Gasteiger partial charge in [-0.3, -0.25) is 0 Å². The summed E-state index contributed by atoms with van der Waals surface area (Å²) in [5, 5.41) is 10.7. The maximum atomic E-state index is 10.7. The summed E-state index contributed by atoms with van der Waals surface area (Å²) in [6, 6.07) is 4.32. The fourth-order valence-corrected chi connectivity index (χ4v) is 7.29. The minimum absolute atomic E-state index is 0.172. The van der Waals surface area contributed by atoms with Crippen molar-refractivity contribution in [1.82, 2.24) is 0 Å². The van der Waals surface area contributed by atoms with Crippen LogP contribution in [0.3, 0.4) is 0 Å². The van der Waals surface area contributed by atoms with E-state index in [1.807, 2.05) is 6.07 Å². The molecule has 0 saturated heterocycles. The van der Waals surface area contributed by atoms with Crippen LogP contribution in [-0.4, -0.2) is 5.11 Å². The summed E-state index contributed by atoms with van der Waals surface area (Å²) in [6.45, 7) is 12.1. The molecule has 2 saturated carbocycles. The first-order valence-electron chi connectivity index (χ1n) is 9.51. The Bertz CT molecular complexity index is 658. The summed E-state index contributed by atoms with van der Waals surface area (Å²) in [7, 11) is 0. The third kappa shape index (κ3) is 1.91. The van der Waals surface area contributed by atoms with Crippen molar-refractivity contribution >= 4 is 0 Å². The SMILES string of the molecule is Cc1cc(O)c2c(c1)C[C@@H]1C3(C)CCCC(C)(C)[C@@H]3CC[C@]21C. The quantitative estimate of drug-likeness (QED) is 0.646. The van der Waals surface area contributed by atoms with Crippen molar-refractivity contribution in [1.29, 1.82) is 0 Å². The highest BCUT2D eigenvalue weighted by molar-refractivity contribution is 5.52. The van der Waals surface area contributed by atoms with Crippen LogP contribution in [0, 0.1) is 29.6 Å². The average Bonchev–Trinajstić information content (AvgIpc) is 2.71. The maximum Gasteiger partial charge on any atom is 0.119 e. The lowest BCUT2D eigenvalue weighted by atomic mass is 9.43. The smallest absolute Gasteiger partial charge is 0.119 e. The van der Waals surface area contributed by atoms with Crippen molar-refractivity contribution in [3.05, 3.63) is 28.8 Å². The molecule has 0 aromatic heterocycles. The number of hydrogen-bond donors (Lipinski definition) is 1. The molecule has 4 atom stereocenters. The third-order valence-corrected chi connectivity index (χ3v) is 8.13. The van der Waals surface area contributed by atoms with Crippen LogP contribution < -0.4 is 0 Å². The van der Waals surface area contributed by atoms with E-state index < -0.39 is 0 Å². The average molecular weight is 312 g/mol. The predicted molar refractivity (Wildman–Crippen MR) is 95.9 cm³/mol. The maximum absolute atomic E-state index is 10.7. The highest BCUT2D eigenvalue weighted by atomic mass is 16.3. The Labute approximate surface area is 141 Å². The molecule has 1 heteroatoms. The van der Waals surface area contributed by atoms with Gasteiger partial charge in [-0.15, -0.1) is 0 Å². The van der Waals surface area contributed by atoms with Gasteiger partial charge in [0, 0.05) is 11.0 Å². The third-order valence-electron chi connectivity index (χ3n) is 8.13. The van der Waals surface area contributed by atoms with Crippen LogP contribution >= 0.6 is 0 Å². The van der Waals surface area contributed by atoms with E-state index in [1.54, 1.807) is 0 Å². The van der Waals surface area contributed by atoms with Crippen molar-refractivity contribution in [3.63, 3.8) is 0 Å². The van der Waals surface area contributed by atoms with E-state index in [0.717, 1.165) is 5.92 Å². The molecule has 1 N–H and O–H groups in total. The fourth-order valence-electron chi connectivity index (χ4n) is 7.29. The first-order chi connectivity index (χ1) is 10.7. The van der Waals surface area contributed by atoms with E-state index >= 15 is 0 Å². The summed E-state index contributed by atoms with van der Waals surface area (Å²) in [5.74, 6) is 2.08. The first-order valence-corrected chi connectivity index (χ1v) is 9.51. The number of rotatable bonds is 0. The molecule has 1 aromatic rings. The molecule has 1 aromatic carbocycles. The van der Waals surface area contributed by atoms with Crippen LogP contribution in [0.4, 0.5) is 0 Å². The van der Waals surface area contributed by atoms with Crippen molar-refractivity contribution < 1.29 is 5.11 Å². The van der Waals surface area contributed by atoms with Gasteiger partial charge in [-0.25, -0.2) is 0 Å². The summed E-state index contributed by atoms with van der Waals surface area (Å²) < 4.78 is 0. The number of aryl methyl sites for hydroxylation is 1. The molecule has 0 radical (unpaired) electrons. The highest BCUT2D eigenvalue weighted by Crippen LogP contribution is 2.68. The van der Waals surface area contributed by atoms with Gasteiger partial charge in [0.15, 0.2) is 0 Å². The van der Waals surface area contributed by atoms with E-state index in [0.29, 0.717) is 22.5 Å². The summed E-state index contributed by atoms with van der Waals surface area (Å²) in [5.41, 5.74) is 4.99. The Morgan fingerprint density at radius 2 is 1.74 bits per heavy atom. The molecule has 23 heavy (non-hydrogen) atoms. The van der Waals surface area contributed by atoms with E-state index in [-0.39, 0.29) is 5.41 Å². The molecular weight excluding hydrogens is 280 g/mol. The number of hydrogen-bond acceptors (Lipinski definition) is 1. The zero-order chi connectivity index (χ0) is 16.6. The molecule has 3 aliphatic carbocycles. The monoisotopic (exact) mass is 312 g/mol. The Morgan fingerprint density at radius 3 is 2.48 bits per heavy atom. The molecule has 3 aliphatic rings. The molecule has 0 amide bonds. The standard InChI is InChI=1S/C22H32O/c1-14-11-15-13-18-21(4)9-6-8-20(2,3)17(21)7-10-22(18,5)19(15)16(23)12-14/h11-12,17-18,23H,6-10,13H2,1-5H3/t17-,18+,21?,22-/m0/s1. The molecule has 1 unspecified atom stereocenters. The van der Waals surface area contributed by atoms with Gasteiger partial charge in [-0.1, -0.05) is 40.2 Å². The lowest BCUT2D eigenvalue weighted by Gasteiger charge is -2.61. The van der Waals surface area contributed by atoms with Gasteiger partial charge in [0.1, 0.15) is 5.75 Å². The molecule has 126 valence electrons. The number of phenolic OH excluding ortho intramolecular Hbond substituents is 1.